The second-order valence-corrected chi connectivity index (χ2v) is 6.67. The lowest BCUT2D eigenvalue weighted by Crippen LogP contribution is -2.48. The van der Waals surface area contributed by atoms with Crippen LogP contribution in [0.15, 0.2) is 24.3 Å². The average molecular weight is 359 g/mol. The SMILES string of the molecule is CC1CCCC(C)N1C(=O)Cn1nnc(-c2ccc(OCCO)cc2)n1. The van der Waals surface area contributed by atoms with Gasteiger partial charge in [0.25, 0.3) is 0 Å². The van der Waals surface area contributed by atoms with E-state index in [2.05, 4.69) is 29.3 Å². The number of hydrogen-bond acceptors (Lipinski definition) is 6. The van der Waals surface area contributed by atoms with Gasteiger partial charge in [-0.3, -0.25) is 4.79 Å². The van der Waals surface area contributed by atoms with E-state index in [1.807, 2.05) is 17.0 Å². The minimum Gasteiger partial charge on any atom is -0.491 e. The van der Waals surface area contributed by atoms with Gasteiger partial charge in [0.2, 0.25) is 11.7 Å². The molecule has 0 spiro atoms. The third-order valence-corrected chi connectivity index (χ3v) is 4.68. The van der Waals surface area contributed by atoms with Crippen molar-refractivity contribution < 1.29 is 14.6 Å². The van der Waals surface area contributed by atoms with Gasteiger partial charge < -0.3 is 14.7 Å². The van der Waals surface area contributed by atoms with Crippen molar-refractivity contribution in [1.82, 2.24) is 25.1 Å². The third kappa shape index (κ3) is 4.19. The van der Waals surface area contributed by atoms with Crippen molar-refractivity contribution in [1.29, 1.82) is 0 Å². The number of rotatable bonds is 6. The minimum atomic E-state index is -0.0279. The summed E-state index contributed by atoms with van der Waals surface area (Å²) in [4.78, 5) is 15.9. The van der Waals surface area contributed by atoms with E-state index in [1.165, 1.54) is 4.80 Å². The van der Waals surface area contributed by atoms with Crippen LogP contribution in [0.4, 0.5) is 0 Å². The lowest BCUT2D eigenvalue weighted by molar-refractivity contribution is -0.138. The highest BCUT2D eigenvalue weighted by atomic mass is 16.5. The Kier molecular flexibility index (Phi) is 5.82. The molecule has 26 heavy (non-hydrogen) atoms. The summed E-state index contributed by atoms with van der Waals surface area (Å²) in [5.41, 5.74) is 0.791. The van der Waals surface area contributed by atoms with Crippen LogP contribution in [0.25, 0.3) is 11.4 Å². The molecule has 0 aliphatic carbocycles. The number of likely N-dealkylation sites (tertiary alicyclic amines) is 1. The lowest BCUT2D eigenvalue weighted by atomic mass is 9.97. The van der Waals surface area contributed by atoms with Gasteiger partial charge in [-0.2, -0.15) is 4.80 Å². The third-order valence-electron chi connectivity index (χ3n) is 4.68. The standard InChI is InChI=1S/C18H25N5O3/c1-13-4-3-5-14(2)23(13)17(25)12-22-20-18(19-21-22)15-6-8-16(9-7-15)26-11-10-24/h6-9,13-14,24H,3-5,10-12H2,1-2H3. The van der Waals surface area contributed by atoms with Crippen molar-refractivity contribution in [3.63, 3.8) is 0 Å². The molecule has 2 unspecified atom stereocenters. The van der Waals surface area contributed by atoms with E-state index < -0.39 is 0 Å². The summed E-state index contributed by atoms with van der Waals surface area (Å²) in [5.74, 6) is 1.16. The molecule has 2 aromatic rings. The molecule has 8 heteroatoms. The molecule has 1 fully saturated rings. The van der Waals surface area contributed by atoms with E-state index in [1.54, 1.807) is 12.1 Å². The van der Waals surface area contributed by atoms with E-state index in [0.717, 1.165) is 24.8 Å². The summed E-state index contributed by atoms with van der Waals surface area (Å²) in [6.45, 7) is 4.50. The van der Waals surface area contributed by atoms with E-state index in [9.17, 15) is 4.79 Å². The van der Waals surface area contributed by atoms with Gasteiger partial charge in [-0.25, -0.2) is 0 Å². The predicted octanol–water partition coefficient (Wildman–Crippen LogP) is 1.50. The number of amides is 1. The summed E-state index contributed by atoms with van der Waals surface area (Å²) >= 11 is 0. The van der Waals surface area contributed by atoms with Crippen LogP contribution < -0.4 is 4.74 Å². The molecule has 0 bridgehead atoms. The highest BCUT2D eigenvalue weighted by Crippen LogP contribution is 2.23. The topological polar surface area (TPSA) is 93.4 Å². The molecule has 1 aliphatic heterocycles. The molecule has 1 aromatic heterocycles. The maximum Gasteiger partial charge on any atom is 0.246 e. The second-order valence-electron chi connectivity index (χ2n) is 6.67. The summed E-state index contributed by atoms with van der Waals surface area (Å²) in [7, 11) is 0. The Hall–Kier alpha value is -2.48. The van der Waals surface area contributed by atoms with E-state index >= 15 is 0 Å². The van der Waals surface area contributed by atoms with Crippen LogP contribution in [0.3, 0.4) is 0 Å². The fourth-order valence-corrected chi connectivity index (χ4v) is 3.41. The van der Waals surface area contributed by atoms with Gasteiger partial charge in [0.1, 0.15) is 18.9 Å². The van der Waals surface area contributed by atoms with Crippen LogP contribution in [-0.4, -0.2) is 61.4 Å². The monoisotopic (exact) mass is 359 g/mol. The van der Waals surface area contributed by atoms with Crippen molar-refractivity contribution in [3.8, 4) is 17.1 Å². The predicted molar refractivity (Wildman–Crippen MR) is 95.5 cm³/mol. The van der Waals surface area contributed by atoms with Crippen molar-refractivity contribution in [2.45, 2.75) is 51.7 Å². The number of carbonyl (C=O) groups is 1. The van der Waals surface area contributed by atoms with Crippen LogP contribution in [0, 0.1) is 0 Å². The second kappa shape index (κ2) is 8.27. The summed E-state index contributed by atoms with van der Waals surface area (Å²) in [6, 6.07) is 7.72. The van der Waals surface area contributed by atoms with Gasteiger partial charge >= 0.3 is 0 Å². The molecule has 1 amide bonds. The molecule has 8 nitrogen and oxygen atoms in total. The highest BCUT2D eigenvalue weighted by Gasteiger charge is 2.29. The smallest absolute Gasteiger partial charge is 0.246 e. The molecular formula is C18H25N5O3. The molecule has 2 atom stereocenters. The molecule has 0 saturated carbocycles. The molecule has 1 N–H and O–H groups in total. The zero-order valence-electron chi connectivity index (χ0n) is 15.2. The lowest BCUT2D eigenvalue weighted by Gasteiger charge is -2.38. The number of ether oxygens (including phenoxy) is 1. The zero-order chi connectivity index (χ0) is 18.5. The van der Waals surface area contributed by atoms with E-state index in [4.69, 9.17) is 9.84 Å². The Bertz CT molecular complexity index is 721. The molecule has 1 aliphatic rings. The van der Waals surface area contributed by atoms with Gasteiger partial charge in [-0.15, -0.1) is 10.2 Å². The first kappa shape index (κ1) is 18.3. The Morgan fingerprint density at radius 1 is 1.23 bits per heavy atom. The van der Waals surface area contributed by atoms with E-state index in [0.29, 0.717) is 11.6 Å². The Balaban J connectivity index is 1.65. The van der Waals surface area contributed by atoms with Crippen LogP contribution in [-0.2, 0) is 11.3 Å². The van der Waals surface area contributed by atoms with Crippen LogP contribution >= 0.6 is 0 Å². The number of piperidine rings is 1. The summed E-state index contributed by atoms with van der Waals surface area (Å²) < 4.78 is 5.33. The maximum absolute atomic E-state index is 12.6. The number of aliphatic hydroxyl groups is 1. The number of hydrogen-bond donors (Lipinski definition) is 1. The molecule has 2 heterocycles. The molecule has 0 radical (unpaired) electrons. The molecule has 1 saturated heterocycles. The highest BCUT2D eigenvalue weighted by molar-refractivity contribution is 5.76. The first-order valence-corrected chi connectivity index (χ1v) is 9.01. The van der Waals surface area contributed by atoms with E-state index in [-0.39, 0.29) is 37.7 Å². The minimum absolute atomic E-state index is 0.0279. The Morgan fingerprint density at radius 2 is 1.92 bits per heavy atom. The average Bonchev–Trinajstić information content (AvgIpc) is 3.08. The van der Waals surface area contributed by atoms with Gasteiger partial charge in [0.15, 0.2) is 0 Å². The molecule has 3 rings (SSSR count). The first-order valence-electron chi connectivity index (χ1n) is 9.01. The van der Waals surface area contributed by atoms with Crippen molar-refractivity contribution in [3.05, 3.63) is 24.3 Å². The van der Waals surface area contributed by atoms with Crippen LogP contribution in [0.5, 0.6) is 5.75 Å². The molecule has 140 valence electrons. The number of carbonyl (C=O) groups excluding carboxylic acids is 1. The normalized spacial score (nSPS) is 20.2. The van der Waals surface area contributed by atoms with Crippen molar-refractivity contribution in [2.75, 3.05) is 13.2 Å². The van der Waals surface area contributed by atoms with Gasteiger partial charge in [-0.1, -0.05) is 0 Å². The van der Waals surface area contributed by atoms with Crippen LogP contribution in [0.1, 0.15) is 33.1 Å². The zero-order valence-corrected chi connectivity index (χ0v) is 15.2. The summed E-state index contributed by atoms with van der Waals surface area (Å²) in [6.07, 6.45) is 3.24. The van der Waals surface area contributed by atoms with Gasteiger partial charge in [0.05, 0.1) is 6.61 Å². The van der Waals surface area contributed by atoms with Crippen molar-refractivity contribution in [2.24, 2.45) is 0 Å². The largest absolute Gasteiger partial charge is 0.491 e. The number of aromatic nitrogens is 4. The number of nitrogens with zero attached hydrogens (tertiary/aromatic N) is 5. The fraction of sp³-hybridized carbons (Fsp3) is 0.556. The summed E-state index contributed by atoms with van der Waals surface area (Å²) in [5, 5.41) is 21.2. The first-order chi connectivity index (χ1) is 12.6. The number of benzene rings is 1. The van der Waals surface area contributed by atoms with Crippen molar-refractivity contribution >= 4 is 5.91 Å². The molecule has 1 aromatic carbocycles. The quantitative estimate of drug-likeness (QED) is 0.840. The van der Waals surface area contributed by atoms with Crippen LogP contribution in [0.2, 0.25) is 0 Å². The molecular weight excluding hydrogens is 334 g/mol. The maximum atomic E-state index is 12.6. The number of tetrazole rings is 1. The van der Waals surface area contributed by atoms with Gasteiger partial charge in [-0.05, 0) is 62.6 Å². The fourth-order valence-electron chi connectivity index (χ4n) is 3.41. The Labute approximate surface area is 152 Å². The number of aliphatic hydroxyl groups excluding tert-OH is 1. The Morgan fingerprint density at radius 3 is 2.58 bits per heavy atom. The van der Waals surface area contributed by atoms with Gasteiger partial charge in [0, 0.05) is 17.6 Å².